The zero-order chi connectivity index (χ0) is 20.8. The fourth-order valence-corrected chi connectivity index (χ4v) is 4.30. The molecule has 7 heteroatoms. The van der Waals surface area contributed by atoms with Crippen LogP contribution in [0.25, 0.3) is 11.4 Å². The summed E-state index contributed by atoms with van der Waals surface area (Å²) >= 11 is 7.57. The van der Waals surface area contributed by atoms with E-state index in [1.165, 1.54) is 11.8 Å². The summed E-state index contributed by atoms with van der Waals surface area (Å²) in [6.07, 6.45) is 0. The molecule has 1 amide bonds. The van der Waals surface area contributed by atoms with Crippen molar-refractivity contribution < 1.29 is 4.79 Å². The number of carbonyl (C=O) groups excluding carboxylic acids is 1. The summed E-state index contributed by atoms with van der Waals surface area (Å²) in [4.78, 5) is 14.9. The minimum Gasteiger partial charge on any atom is -0.338 e. The second kappa shape index (κ2) is 9.94. The SMILES string of the molecule is CCN(Cc1ccccc1)C(=O)C(C)Sc1nnc(-c2cccc(Cl)c2)n1CC. The molecule has 1 atom stereocenters. The Bertz CT molecular complexity index is 960. The fourth-order valence-electron chi connectivity index (χ4n) is 3.12. The summed E-state index contributed by atoms with van der Waals surface area (Å²) in [5, 5.41) is 9.83. The first-order valence-electron chi connectivity index (χ1n) is 9.72. The van der Waals surface area contributed by atoms with Gasteiger partial charge in [-0.25, -0.2) is 0 Å². The number of hydrogen-bond donors (Lipinski definition) is 0. The normalized spacial score (nSPS) is 12.0. The highest BCUT2D eigenvalue weighted by molar-refractivity contribution is 8.00. The van der Waals surface area contributed by atoms with E-state index < -0.39 is 0 Å². The Labute approximate surface area is 181 Å². The van der Waals surface area contributed by atoms with E-state index >= 15 is 0 Å². The lowest BCUT2D eigenvalue weighted by Crippen LogP contribution is -2.36. The maximum Gasteiger partial charge on any atom is 0.236 e. The van der Waals surface area contributed by atoms with Crippen LogP contribution in [0.2, 0.25) is 5.02 Å². The number of hydrogen-bond acceptors (Lipinski definition) is 4. The van der Waals surface area contributed by atoms with Crippen LogP contribution in [-0.2, 0) is 17.9 Å². The number of halogens is 1. The smallest absolute Gasteiger partial charge is 0.236 e. The van der Waals surface area contributed by atoms with Crippen molar-refractivity contribution in [2.24, 2.45) is 0 Å². The maximum atomic E-state index is 13.0. The highest BCUT2D eigenvalue weighted by atomic mass is 35.5. The molecule has 1 heterocycles. The topological polar surface area (TPSA) is 51.0 Å². The lowest BCUT2D eigenvalue weighted by Gasteiger charge is -2.24. The monoisotopic (exact) mass is 428 g/mol. The molecule has 0 spiro atoms. The van der Waals surface area contributed by atoms with Crippen LogP contribution in [0.4, 0.5) is 0 Å². The van der Waals surface area contributed by atoms with Crippen LogP contribution in [0.5, 0.6) is 0 Å². The molecule has 0 aliphatic heterocycles. The van der Waals surface area contributed by atoms with Gasteiger partial charge in [-0.05, 0) is 38.5 Å². The molecule has 1 aromatic heterocycles. The maximum absolute atomic E-state index is 13.0. The van der Waals surface area contributed by atoms with Gasteiger partial charge in [-0.1, -0.05) is 65.8 Å². The van der Waals surface area contributed by atoms with Crippen molar-refractivity contribution in [3.8, 4) is 11.4 Å². The van der Waals surface area contributed by atoms with E-state index in [2.05, 4.69) is 10.2 Å². The quantitative estimate of drug-likeness (QED) is 0.465. The van der Waals surface area contributed by atoms with Gasteiger partial charge in [0.25, 0.3) is 0 Å². The molecule has 5 nitrogen and oxygen atoms in total. The third-order valence-corrected chi connectivity index (χ3v) is 5.96. The fraction of sp³-hybridized carbons (Fsp3) is 0.318. The summed E-state index contributed by atoms with van der Waals surface area (Å²) < 4.78 is 2.02. The number of rotatable bonds is 8. The van der Waals surface area contributed by atoms with Crippen LogP contribution in [0.15, 0.2) is 59.8 Å². The average molecular weight is 429 g/mol. The van der Waals surface area contributed by atoms with Gasteiger partial charge in [0, 0.05) is 30.2 Å². The van der Waals surface area contributed by atoms with E-state index in [1.54, 1.807) is 0 Å². The predicted molar refractivity (Wildman–Crippen MR) is 119 cm³/mol. The van der Waals surface area contributed by atoms with E-state index in [9.17, 15) is 4.79 Å². The number of nitrogens with zero attached hydrogens (tertiary/aromatic N) is 4. The van der Waals surface area contributed by atoms with Crippen molar-refractivity contribution in [1.29, 1.82) is 0 Å². The Morgan fingerprint density at radius 3 is 2.55 bits per heavy atom. The number of amides is 1. The zero-order valence-corrected chi connectivity index (χ0v) is 18.5. The van der Waals surface area contributed by atoms with Crippen molar-refractivity contribution >= 4 is 29.3 Å². The van der Waals surface area contributed by atoms with E-state index in [0.29, 0.717) is 24.7 Å². The molecular formula is C22H25ClN4OS. The third kappa shape index (κ3) is 5.19. The van der Waals surface area contributed by atoms with Gasteiger partial charge in [-0.2, -0.15) is 0 Å². The molecule has 2 aromatic carbocycles. The van der Waals surface area contributed by atoms with Gasteiger partial charge < -0.3 is 9.47 Å². The van der Waals surface area contributed by atoms with Crippen LogP contribution < -0.4 is 0 Å². The summed E-state index contributed by atoms with van der Waals surface area (Å²) in [6, 6.07) is 17.6. The Kier molecular flexibility index (Phi) is 7.34. The lowest BCUT2D eigenvalue weighted by molar-refractivity contribution is -0.130. The van der Waals surface area contributed by atoms with Gasteiger partial charge in [0.2, 0.25) is 5.91 Å². The molecule has 0 saturated carbocycles. The van der Waals surface area contributed by atoms with Crippen molar-refractivity contribution in [2.45, 2.75) is 44.3 Å². The van der Waals surface area contributed by atoms with E-state index in [0.717, 1.165) is 22.1 Å². The molecule has 3 aromatic rings. The zero-order valence-electron chi connectivity index (χ0n) is 16.9. The number of thioether (sulfide) groups is 1. The first-order valence-corrected chi connectivity index (χ1v) is 11.0. The molecule has 0 fully saturated rings. The Morgan fingerprint density at radius 2 is 1.90 bits per heavy atom. The summed E-state index contributed by atoms with van der Waals surface area (Å²) in [6.45, 7) is 7.95. The second-order valence-corrected chi connectivity index (χ2v) is 8.40. The van der Waals surface area contributed by atoms with E-state index in [4.69, 9.17) is 11.6 Å². The van der Waals surface area contributed by atoms with E-state index in [1.807, 2.05) is 84.8 Å². The molecule has 0 aliphatic rings. The molecule has 152 valence electrons. The standard InChI is InChI=1S/C22H25ClN4OS/c1-4-26(15-17-10-7-6-8-11-17)21(28)16(3)29-22-25-24-20(27(22)5-2)18-12-9-13-19(23)14-18/h6-14,16H,4-5,15H2,1-3H3. The largest absolute Gasteiger partial charge is 0.338 e. The first-order chi connectivity index (χ1) is 14.0. The number of benzene rings is 2. The minimum atomic E-state index is -0.264. The number of aromatic nitrogens is 3. The second-order valence-electron chi connectivity index (χ2n) is 6.66. The third-order valence-electron chi connectivity index (χ3n) is 4.66. The van der Waals surface area contributed by atoms with Crippen LogP contribution in [0.1, 0.15) is 26.3 Å². The van der Waals surface area contributed by atoms with E-state index in [-0.39, 0.29) is 11.2 Å². The highest BCUT2D eigenvalue weighted by Gasteiger charge is 2.24. The van der Waals surface area contributed by atoms with Crippen molar-refractivity contribution in [2.75, 3.05) is 6.54 Å². The minimum absolute atomic E-state index is 0.0938. The molecule has 1 unspecified atom stereocenters. The molecule has 0 aliphatic carbocycles. The van der Waals surface area contributed by atoms with Gasteiger partial charge in [0.1, 0.15) is 0 Å². The predicted octanol–water partition coefficient (Wildman–Crippen LogP) is 5.15. The summed E-state index contributed by atoms with van der Waals surface area (Å²) in [5.74, 6) is 0.852. The van der Waals surface area contributed by atoms with Gasteiger partial charge in [-0.15, -0.1) is 10.2 Å². The van der Waals surface area contributed by atoms with Gasteiger partial charge in [-0.3, -0.25) is 4.79 Å². The molecular weight excluding hydrogens is 404 g/mol. The molecule has 3 rings (SSSR count). The Hall–Kier alpha value is -2.31. The molecule has 0 saturated heterocycles. The van der Waals surface area contributed by atoms with Crippen molar-refractivity contribution in [1.82, 2.24) is 19.7 Å². The molecule has 0 bridgehead atoms. The van der Waals surface area contributed by atoms with Gasteiger partial charge in [0.05, 0.1) is 5.25 Å². The molecule has 0 N–H and O–H groups in total. The van der Waals surface area contributed by atoms with Crippen LogP contribution >= 0.6 is 23.4 Å². The van der Waals surface area contributed by atoms with Gasteiger partial charge >= 0.3 is 0 Å². The Balaban J connectivity index is 1.75. The van der Waals surface area contributed by atoms with Crippen LogP contribution in [-0.4, -0.2) is 37.4 Å². The lowest BCUT2D eigenvalue weighted by atomic mass is 10.2. The molecule has 0 radical (unpaired) electrons. The average Bonchev–Trinajstić information content (AvgIpc) is 3.14. The first kappa shape index (κ1) is 21.4. The Morgan fingerprint density at radius 1 is 1.14 bits per heavy atom. The van der Waals surface area contributed by atoms with Crippen molar-refractivity contribution in [3.63, 3.8) is 0 Å². The summed E-state index contributed by atoms with van der Waals surface area (Å²) in [7, 11) is 0. The number of carbonyl (C=O) groups is 1. The van der Waals surface area contributed by atoms with Gasteiger partial charge in [0.15, 0.2) is 11.0 Å². The molecule has 29 heavy (non-hydrogen) atoms. The highest BCUT2D eigenvalue weighted by Crippen LogP contribution is 2.28. The van der Waals surface area contributed by atoms with Crippen LogP contribution in [0, 0.1) is 0 Å². The summed E-state index contributed by atoms with van der Waals surface area (Å²) in [5.41, 5.74) is 2.04. The van der Waals surface area contributed by atoms with Crippen molar-refractivity contribution in [3.05, 3.63) is 65.2 Å². The van der Waals surface area contributed by atoms with Crippen LogP contribution in [0.3, 0.4) is 0 Å².